The van der Waals surface area contributed by atoms with Crippen LogP contribution in [0, 0.1) is 0 Å². The van der Waals surface area contributed by atoms with Crippen molar-refractivity contribution in [3.63, 3.8) is 0 Å². The van der Waals surface area contributed by atoms with Gasteiger partial charge in [-0.2, -0.15) is 0 Å². The predicted octanol–water partition coefficient (Wildman–Crippen LogP) is 3.42. The number of piperidine rings is 1. The number of amides is 1. The summed E-state index contributed by atoms with van der Waals surface area (Å²) >= 11 is 0. The number of carbonyl (C=O) groups is 1. The number of benzene rings is 2. The normalized spacial score (nSPS) is 17.4. The van der Waals surface area contributed by atoms with E-state index in [4.69, 9.17) is 14.2 Å². The van der Waals surface area contributed by atoms with Gasteiger partial charge in [-0.15, -0.1) is 0 Å². The number of fused-ring (bicyclic) bond motifs is 1. The van der Waals surface area contributed by atoms with Gasteiger partial charge in [0.05, 0.1) is 13.2 Å². The van der Waals surface area contributed by atoms with Crippen molar-refractivity contribution in [1.29, 1.82) is 0 Å². The lowest BCUT2D eigenvalue weighted by molar-refractivity contribution is 0.0923. The highest BCUT2D eigenvalue weighted by atomic mass is 16.6. The van der Waals surface area contributed by atoms with Crippen LogP contribution in [0.15, 0.2) is 42.5 Å². The van der Waals surface area contributed by atoms with Crippen molar-refractivity contribution < 1.29 is 19.0 Å². The van der Waals surface area contributed by atoms with E-state index in [2.05, 4.69) is 22.3 Å². The molecule has 2 aliphatic rings. The smallest absolute Gasteiger partial charge is 0.251 e. The van der Waals surface area contributed by atoms with Crippen molar-refractivity contribution in [3.8, 4) is 17.2 Å². The first-order chi connectivity index (χ1) is 14.2. The van der Waals surface area contributed by atoms with Gasteiger partial charge < -0.3 is 19.5 Å². The van der Waals surface area contributed by atoms with Gasteiger partial charge in [0.2, 0.25) is 0 Å². The zero-order valence-electron chi connectivity index (χ0n) is 16.9. The summed E-state index contributed by atoms with van der Waals surface area (Å²) in [6.07, 6.45) is 3.67. The first kappa shape index (κ1) is 19.6. The fraction of sp³-hybridized carbons (Fsp3) is 0.435. The molecule has 1 fully saturated rings. The fourth-order valence-corrected chi connectivity index (χ4v) is 3.99. The third kappa shape index (κ3) is 4.65. The van der Waals surface area contributed by atoms with Gasteiger partial charge in [-0.05, 0) is 61.8 Å². The first-order valence-electron chi connectivity index (χ1n) is 10.3. The van der Waals surface area contributed by atoms with Crippen LogP contribution < -0.4 is 19.5 Å². The van der Waals surface area contributed by atoms with Crippen molar-refractivity contribution in [2.75, 3.05) is 40.0 Å². The average molecular weight is 396 g/mol. The molecular weight excluding hydrogens is 368 g/mol. The van der Waals surface area contributed by atoms with Gasteiger partial charge >= 0.3 is 0 Å². The standard InChI is InChI=1S/C23H28N2O4/c1-27-19-8-5-17(6-9-19)20(25-11-3-2-4-12-25)16-24-23(26)18-7-10-21-22(15-18)29-14-13-28-21/h5-10,15,20H,2-4,11-14,16H2,1H3,(H,24,26)/t20-/m1/s1. The molecule has 0 radical (unpaired) electrons. The summed E-state index contributed by atoms with van der Waals surface area (Å²) in [5.41, 5.74) is 1.77. The molecule has 0 saturated carbocycles. The summed E-state index contributed by atoms with van der Waals surface area (Å²) in [5, 5.41) is 3.12. The lowest BCUT2D eigenvalue weighted by Gasteiger charge is -2.35. The minimum absolute atomic E-state index is 0.0995. The molecule has 1 atom stereocenters. The number of likely N-dealkylation sites (tertiary alicyclic amines) is 1. The van der Waals surface area contributed by atoms with E-state index in [1.807, 2.05) is 12.1 Å². The highest BCUT2D eigenvalue weighted by Crippen LogP contribution is 2.31. The second-order valence-electron chi connectivity index (χ2n) is 7.45. The number of ether oxygens (including phenoxy) is 3. The van der Waals surface area contributed by atoms with Crippen molar-refractivity contribution in [2.24, 2.45) is 0 Å². The summed E-state index contributed by atoms with van der Waals surface area (Å²) in [6.45, 7) is 3.71. The van der Waals surface area contributed by atoms with Crippen LogP contribution in [0.25, 0.3) is 0 Å². The van der Waals surface area contributed by atoms with Crippen LogP contribution in [0.3, 0.4) is 0 Å². The zero-order chi connectivity index (χ0) is 20.1. The summed E-state index contributed by atoms with van der Waals surface area (Å²) < 4.78 is 16.4. The Hall–Kier alpha value is -2.73. The fourth-order valence-electron chi connectivity index (χ4n) is 3.99. The molecule has 2 aromatic rings. The number of hydrogen-bond acceptors (Lipinski definition) is 5. The molecule has 6 nitrogen and oxygen atoms in total. The van der Waals surface area contributed by atoms with Crippen molar-refractivity contribution in [2.45, 2.75) is 25.3 Å². The van der Waals surface area contributed by atoms with Gasteiger partial charge in [-0.25, -0.2) is 0 Å². The van der Waals surface area contributed by atoms with E-state index in [1.165, 1.54) is 24.8 Å². The molecule has 1 N–H and O–H groups in total. The molecule has 154 valence electrons. The molecule has 1 amide bonds. The summed E-state index contributed by atoms with van der Waals surface area (Å²) in [7, 11) is 1.67. The Balaban J connectivity index is 1.47. The first-order valence-corrected chi connectivity index (χ1v) is 10.3. The molecular formula is C23H28N2O4. The molecule has 29 heavy (non-hydrogen) atoms. The monoisotopic (exact) mass is 396 g/mol. The number of hydrogen-bond donors (Lipinski definition) is 1. The molecule has 2 aliphatic heterocycles. The van der Waals surface area contributed by atoms with Crippen LogP contribution in [-0.4, -0.2) is 50.8 Å². The van der Waals surface area contributed by atoms with Gasteiger partial charge in [0, 0.05) is 12.1 Å². The van der Waals surface area contributed by atoms with Gasteiger partial charge in [0.15, 0.2) is 11.5 Å². The Kier molecular flexibility index (Phi) is 6.20. The summed E-state index contributed by atoms with van der Waals surface area (Å²) in [6, 6.07) is 13.6. The third-order valence-corrected chi connectivity index (χ3v) is 5.59. The van der Waals surface area contributed by atoms with E-state index in [0.717, 1.165) is 18.8 Å². The number of carbonyl (C=O) groups excluding carboxylic acids is 1. The quantitative estimate of drug-likeness (QED) is 0.811. The molecule has 4 rings (SSSR count). The third-order valence-electron chi connectivity index (χ3n) is 5.59. The van der Waals surface area contributed by atoms with E-state index >= 15 is 0 Å². The highest BCUT2D eigenvalue weighted by Gasteiger charge is 2.23. The van der Waals surface area contributed by atoms with Crippen LogP contribution in [0.2, 0.25) is 0 Å². The lowest BCUT2D eigenvalue weighted by Crippen LogP contribution is -2.40. The summed E-state index contributed by atoms with van der Waals surface area (Å²) in [4.78, 5) is 15.3. The molecule has 0 bridgehead atoms. The Labute approximate surface area is 171 Å². The SMILES string of the molecule is COc1ccc([C@@H](CNC(=O)c2ccc3c(c2)OCCO3)N2CCCCC2)cc1. The van der Waals surface area contributed by atoms with Crippen molar-refractivity contribution in [1.82, 2.24) is 10.2 Å². The van der Waals surface area contributed by atoms with Gasteiger partial charge in [-0.3, -0.25) is 9.69 Å². The van der Waals surface area contributed by atoms with E-state index in [1.54, 1.807) is 25.3 Å². The second kappa shape index (κ2) is 9.18. The maximum absolute atomic E-state index is 12.8. The largest absolute Gasteiger partial charge is 0.497 e. The van der Waals surface area contributed by atoms with Crippen LogP contribution in [0.5, 0.6) is 17.2 Å². The maximum Gasteiger partial charge on any atom is 0.251 e. The lowest BCUT2D eigenvalue weighted by atomic mass is 10.0. The molecule has 1 saturated heterocycles. The number of methoxy groups -OCH3 is 1. The summed E-state index contributed by atoms with van der Waals surface area (Å²) in [5.74, 6) is 2.06. The van der Waals surface area contributed by atoms with Crippen LogP contribution in [-0.2, 0) is 0 Å². The van der Waals surface area contributed by atoms with E-state index in [9.17, 15) is 4.79 Å². The highest BCUT2D eigenvalue weighted by molar-refractivity contribution is 5.94. The Morgan fingerprint density at radius 3 is 2.48 bits per heavy atom. The minimum atomic E-state index is -0.0995. The van der Waals surface area contributed by atoms with Gasteiger partial charge in [0.1, 0.15) is 19.0 Å². The number of nitrogens with one attached hydrogen (secondary N) is 1. The Morgan fingerprint density at radius 1 is 1.03 bits per heavy atom. The molecule has 0 aromatic heterocycles. The van der Waals surface area contributed by atoms with Crippen molar-refractivity contribution >= 4 is 5.91 Å². The zero-order valence-corrected chi connectivity index (χ0v) is 16.9. The molecule has 0 aliphatic carbocycles. The second-order valence-corrected chi connectivity index (χ2v) is 7.45. The average Bonchev–Trinajstić information content (AvgIpc) is 2.80. The van der Waals surface area contributed by atoms with E-state index in [0.29, 0.717) is 36.8 Å². The number of nitrogens with zero attached hydrogens (tertiary/aromatic N) is 1. The predicted molar refractivity (Wildman–Crippen MR) is 111 cm³/mol. The Bertz CT molecular complexity index is 831. The maximum atomic E-state index is 12.8. The molecule has 0 unspecified atom stereocenters. The van der Waals surface area contributed by atoms with E-state index in [-0.39, 0.29) is 11.9 Å². The van der Waals surface area contributed by atoms with Gasteiger partial charge in [-0.1, -0.05) is 18.6 Å². The Morgan fingerprint density at radius 2 is 1.76 bits per heavy atom. The minimum Gasteiger partial charge on any atom is -0.497 e. The van der Waals surface area contributed by atoms with Crippen LogP contribution >= 0.6 is 0 Å². The molecule has 2 aromatic carbocycles. The van der Waals surface area contributed by atoms with Crippen LogP contribution in [0.1, 0.15) is 41.2 Å². The van der Waals surface area contributed by atoms with Crippen molar-refractivity contribution in [3.05, 3.63) is 53.6 Å². The van der Waals surface area contributed by atoms with E-state index < -0.39 is 0 Å². The molecule has 2 heterocycles. The topological polar surface area (TPSA) is 60.0 Å². The van der Waals surface area contributed by atoms with Crippen LogP contribution in [0.4, 0.5) is 0 Å². The number of rotatable bonds is 6. The van der Waals surface area contributed by atoms with Gasteiger partial charge in [0.25, 0.3) is 5.91 Å². The molecule has 0 spiro atoms. The molecule has 6 heteroatoms.